The van der Waals surface area contributed by atoms with Gasteiger partial charge in [-0.2, -0.15) is 15.0 Å². The molecular formula is C7H10ClF2N5. The van der Waals surface area contributed by atoms with Gasteiger partial charge in [-0.25, -0.2) is 8.78 Å². The Labute approximate surface area is 90.3 Å². The normalized spacial score (nSPS) is 10.5. The lowest BCUT2D eigenvalue weighted by molar-refractivity contribution is 0.163. The van der Waals surface area contributed by atoms with E-state index in [1.54, 1.807) is 0 Å². The molecule has 2 N–H and O–H groups in total. The third-order valence-electron chi connectivity index (χ3n) is 1.36. The van der Waals surface area contributed by atoms with Crippen LogP contribution in [0.2, 0.25) is 5.28 Å². The molecule has 8 heteroatoms. The van der Waals surface area contributed by atoms with E-state index in [4.69, 9.17) is 11.6 Å². The predicted octanol–water partition coefficient (Wildman–Crippen LogP) is 1.63. The van der Waals surface area contributed by atoms with Crippen LogP contribution >= 0.6 is 11.6 Å². The van der Waals surface area contributed by atoms with Crippen molar-refractivity contribution >= 4 is 23.5 Å². The van der Waals surface area contributed by atoms with E-state index < -0.39 is 13.0 Å². The molecule has 0 bridgehead atoms. The van der Waals surface area contributed by atoms with E-state index in [2.05, 4.69) is 25.6 Å². The van der Waals surface area contributed by atoms with Crippen molar-refractivity contribution in [3.05, 3.63) is 5.28 Å². The fourth-order valence-corrected chi connectivity index (χ4v) is 0.995. The highest BCUT2D eigenvalue weighted by atomic mass is 35.5. The number of hydrogen-bond acceptors (Lipinski definition) is 5. The Morgan fingerprint density at radius 1 is 1.20 bits per heavy atom. The molecule has 0 aromatic carbocycles. The third kappa shape index (κ3) is 4.20. The van der Waals surface area contributed by atoms with Crippen LogP contribution in [0, 0.1) is 0 Å². The summed E-state index contributed by atoms with van der Waals surface area (Å²) in [5.74, 6) is 0.292. The molecule has 0 atom stereocenters. The molecule has 1 aromatic heterocycles. The zero-order valence-corrected chi connectivity index (χ0v) is 8.72. The molecule has 5 nitrogen and oxygen atoms in total. The molecule has 0 aliphatic heterocycles. The zero-order valence-electron chi connectivity index (χ0n) is 7.97. The predicted molar refractivity (Wildman–Crippen MR) is 53.5 cm³/mol. The largest absolute Gasteiger partial charge is 0.354 e. The van der Waals surface area contributed by atoms with Crippen molar-refractivity contribution < 1.29 is 8.78 Å². The highest BCUT2D eigenvalue weighted by Crippen LogP contribution is 2.09. The minimum absolute atomic E-state index is 0.0336. The van der Waals surface area contributed by atoms with Gasteiger partial charge in [0.05, 0.1) is 6.54 Å². The average Bonchev–Trinajstić information content (AvgIpc) is 2.14. The van der Waals surface area contributed by atoms with Crippen molar-refractivity contribution in [2.24, 2.45) is 0 Å². The summed E-state index contributed by atoms with van der Waals surface area (Å²) >= 11 is 5.57. The van der Waals surface area contributed by atoms with Gasteiger partial charge in [0.1, 0.15) is 0 Å². The van der Waals surface area contributed by atoms with E-state index in [0.717, 1.165) is 0 Å². The summed E-state index contributed by atoms with van der Waals surface area (Å²) in [4.78, 5) is 11.2. The van der Waals surface area contributed by atoms with Crippen molar-refractivity contribution in [2.45, 2.75) is 13.3 Å². The number of hydrogen-bond donors (Lipinski definition) is 2. The number of halogens is 3. The number of rotatable bonds is 5. The fourth-order valence-electron chi connectivity index (χ4n) is 0.835. The third-order valence-corrected chi connectivity index (χ3v) is 1.53. The van der Waals surface area contributed by atoms with Gasteiger partial charge in [-0.1, -0.05) is 0 Å². The Bertz CT molecular complexity index is 322. The van der Waals surface area contributed by atoms with E-state index in [1.165, 1.54) is 0 Å². The lowest BCUT2D eigenvalue weighted by Crippen LogP contribution is -2.14. The Hall–Kier alpha value is -1.24. The van der Waals surface area contributed by atoms with Gasteiger partial charge < -0.3 is 10.6 Å². The van der Waals surface area contributed by atoms with Crippen molar-refractivity contribution in [3.8, 4) is 0 Å². The first kappa shape index (κ1) is 11.8. The monoisotopic (exact) mass is 237 g/mol. The minimum atomic E-state index is -2.47. The molecule has 84 valence electrons. The molecule has 0 saturated heterocycles. The Kier molecular flexibility index (Phi) is 4.41. The van der Waals surface area contributed by atoms with E-state index in [-0.39, 0.29) is 17.2 Å². The smallest absolute Gasteiger partial charge is 0.255 e. The first-order valence-corrected chi connectivity index (χ1v) is 4.67. The van der Waals surface area contributed by atoms with E-state index >= 15 is 0 Å². The van der Waals surface area contributed by atoms with Crippen LogP contribution < -0.4 is 10.6 Å². The molecule has 1 rings (SSSR count). The maximum absolute atomic E-state index is 11.9. The molecule has 0 aliphatic rings. The van der Waals surface area contributed by atoms with Crippen LogP contribution in [0.25, 0.3) is 0 Å². The molecule has 1 aromatic rings. The van der Waals surface area contributed by atoms with Crippen LogP contribution in [0.5, 0.6) is 0 Å². The van der Waals surface area contributed by atoms with E-state index in [0.29, 0.717) is 6.54 Å². The summed E-state index contributed by atoms with van der Waals surface area (Å²) in [6.45, 7) is 1.94. The van der Waals surface area contributed by atoms with E-state index in [1.807, 2.05) is 6.92 Å². The summed E-state index contributed by atoms with van der Waals surface area (Å²) in [5, 5.41) is 5.11. The number of nitrogens with zero attached hydrogens (tertiary/aromatic N) is 3. The van der Waals surface area contributed by atoms with Gasteiger partial charge in [0.25, 0.3) is 6.43 Å². The summed E-state index contributed by atoms with van der Waals surface area (Å²) in [6.07, 6.45) is -2.47. The molecule has 0 aliphatic carbocycles. The molecule has 0 spiro atoms. The first-order valence-electron chi connectivity index (χ1n) is 4.29. The molecule has 0 unspecified atom stereocenters. The summed E-state index contributed by atoms with van der Waals surface area (Å²) in [7, 11) is 0. The summed E-state index contributed by atoms with van der Waals surface area (Å²) in [6, 6.07) is 0. The highest BCUT2D eigenvalue weighted by molar-refractivity contribution is 6.28. The van der Waals surface area contributed by atoms with Crippen LogP contribution in [0.4, 0.5) is 20.7 Å². The minimum Gasteiger partial charge on any atom is -0.354 e. The second-order valence-corrected chi connectivity index (χ2v) is 2.89. The van der Waals surface area contributed by atoms with Crippen LogP contribution in [0.3, 0.4) is 0 Å². The van der Waals surface area contributed by atoms with Gasteiger partial charge in [-0.3, -0.25) is 0 Å². The average molecular weight is 238 g/mol. The maximum Gasteiger partial charge on any atom is 0.255 e. The van der Waals surface area contributed by atoms with Crippen LogP contribution in [-0.4, -0.2) is 34.5 Å². The Balaban J connectivity index is 2.70. The Morgan fingerprint density at radius 3 is 2.33 bits per heavy atom. The molecule has 0 saturated carbocycles. The van der Waals surface area contributed by atoms with Gasteiger partial charge in [0.2, 0.25) is 17.2 Å². The summed E-state index contributed by atoms with van der Waals surface area (Å²) < 4.78 is 23.8. The molecule has 1 heterocycles. The zero-order chi connectivity index (χ0) is 11.3. The maximum atomic E-state index is 11.9. The molecule has 0 amide bonds. The number of alkyl halides is 2. The van der Waals surface area contributed by atoms with Crippen molar-refractivity contribution in [2.75, 3.05) is 23.7 Å². The number of nitrogens with one attached hydrogen (secondary N) is 2. The highest BCUT2D eigenvalue weighted by Gasteiger charge is 2.06. The Morgan fingerprint density at radius 2 is 1.80 bits per heavy atom. The van der Waals surface area contributed by atoms with Crippen molar-refractivity contribution in [3.63, 3.8) is 0 Å². The quantitative estimate of drug-likeness (QED) is 0.815. The van der Waals surface area contributed by atoms with Crippen molar-refractivity contribution in [1.82, 2.24) is 15.0 Å². The summed E-state index contributed by atoms with van der Waals surface area (Å²) in [5.41, 5.74) is 0. The van der Waals surface area contributed by atoms with Crippen LogP contribution in [0.1, 0.15) is 6.92 Å². The standard InChI is InChI=1S/C7H10ClF2N5/c1-2-11-6-13-5(8)14-7(15-6)12-3-4(9)10/h4H,2-3H2,1H3,(H2,11,12,13,14,15). The van der Waals surface area contributed by atoms with Gasteiger partial charge in [-0.05, 0) is 18.5 Å². The molecule has 15 heavy (non-hydrogen) atoms. The van der Waals surface area contributed by atoms with Gasteiger partial charge in [0, 0.05) is 6.54 Å². The lowest BCUT2D eigenvalue weighted by Gasteiger charge is -2.06. The second kappa shape index (κ2) is 5.59. The van der Waals surface area contributed by atoms with Gasteiger partial charge in [-0.15, -0.1) is 0 Å². The number of aromatic nitrogens is 3. The second-order valence-electron chi connectivity index (χ2n) is 2.55. The van der Waals surface area contributed by atoms with Crippen LogP contribution in [-0.2, 0) is 0 Å². The fraction of sp³-hybridized carbons (Fsp3) is 0.571. The lowest BCUT2D eigenvalue weighted by atomic mass is 10.6. The molecule has 0 fully saturated rings. The first-order chi connectivity index (χ1) is 7.11. The van der Waals surface area contributed by atoms with E-state index in [9.17, 15) is 8.78 Å². The van der Waals surface area contributed by atoms with Gasteiger partial charge >= 0.3 is 0 Å². The van der Waals surface area contributed by atoms with Crippen molar-refractivity contribution in [1.29, 1.82) is 0 Å². The topological polar surface area (TPSA) is 62.7 Å². The van der Waals surface area contributed by atoms with Gasteiger partial charge in [0.15, 0.2) is 0 Å². The SMILES string of the molecule is CCNc1nc(Cl)nc(NCC(F)F)n1. The van der Waals surface area contributed by atoms with Crippen LogP contribution in [0.15, 0.2) is 0 Å². The number of anilines is 2. The molecular weight excluding hydrogens is 228 g/mol. The molecule has 0 radical (unpaired) electrons.